The number of nitrogens with zero attached hydrogens (tertiary/aromatic N) is 4. The maximum absolute atomic E-state index is 12.5. The number of likely N-dealkylation sites (tertiary alicyclic amines) is 2. The molecule has 3 rings (SSSR count). The molecule has 0 atom stereocenters. The monoisotopic (exact) mass is 330 g/mol. The van der Waals surface area contributed by atoms with Crippen LogP contribution in [0.25, 0.3) is 0 Å². The van der Waals surface area contributed by atoms with E-state index in [1.54, 1.807) is 12.4 Å². The predicted molar refractivity (Wildman–Crippen MR) is 90.5 cm³/mol. The molecule has 24 heavy (non-hydrogen) atoms. The first-order valence-corrected chi connectivity index (χ1v) is 9.05. The van der Waals surface area contributed by atoms with Crippen molar-refractivity contribution in [1.29, 1.82) is 0 Å². The molecule has 2 amide bonds. The third-order valence-electron chi connectivity index (χ3n) is 5.15. The van der Waals surface area contributed by atoms with Crippen LogP contribution >= 0.6 is 0 Å². The Labute approximate surface area is 143 Å². The summed E-state index contributed by atoms with van der Waals surface area (Å²) in [6.45, 7) is 5.37. The van der Waals surface area contributed by atoms with Gasteiger partial charge in [-0.25, -0.2) is 9.97 Å². The maximum Gasteiger partial charge on any atom is 0.256 e. The lowest BCUT2D eigenvalue weighted by molar-refractivity contribution is -0.127. The Morgan fingerprint density at radius 2 is 1.92 bits per heavy atom. The Bertz CT molecular complexity index is 579. The molecule has 1 aromatic rings. The van der Waals surface area contributed by atoms with Crippen LogP contribution in [0.5, 0.6) is 0 Å². The SMILES string of the molecule is CCc1ncc(C(=O)N2CCC(CCN3CCCC3=O)CC2)cn1. The van der Waals surface area contributed by atoms with Crippen molar-refractivity contribution in [2.75, 3.05) is 26.2 Å². The highest BCUT2D eigenvalue weighted by Crippen LogP contribution is 2.23. The summed E-state index contributed by atoms with van der Waals surface area (Å²) in [7, 11) is 0. The molecule has 2 saturated heterocycles. The molecule has 0 N–H and O–H groups in total. The highest BCUT2D eigenvalue weighted by molar-refractivity contribution is 5.93. The molecule has 6 nitrogen and oxygen atoms in total. The fourth-order valence-corrected chi connectivity index (χ4v) is 3.53. The largest absolute Gasteiger partial charge is 0.343 e. The van der Waals surface area contributed by atoms with Gasteiger partial charge in [-0.2, -0.15) is 0 Å². The molecule has 130 valence electrons. The van der Waals surface area contributed by atoms with Gasteiger partial charge in [0.25, 0.3) is 5.91 Å². The van der Waals surface area contributed by atoms with E-state index < -0.39 is 0 Å². The molecule has 0 saturated carbocycles. The fourth-order valence-electron chi connectivity index (χ4n) is 3.53. The zero-order chi connectivity index (χ0) is 16.9. The zero-order valence-corrected chi connectivity index (χ0v) is 14.4. The first kappa shape index (κ1) is 16.9. The second-order valence-corrected chi connectivity index (χ2v) is 6.75. The second-order valence-electron chi connectivity index (χ2n) is 6.75. The third-order valence-corrected chi connectivity index (χ3v) is 5.15. The number of aryl methyl sites for hydroxylation is 1. The molecule has 2 fully saturated rings. The number of carbonyl (C=O) groups is 2. The molecule has 0 aliphatic carbocycles. The maximum atomic E-state index is 12.5. The van der Waals surface area contributed by atoms with Crippen LogP contribution in [0, 0.1) is 5.92 Å². The van der Waals surface area contributed by atoms with Crippen LogP contribution in [0.4, 0.5) is 0 Å². The predicted octanol–water partition coefficient (Wildman–Crippen LogP) is 1.90. The van der Waals surface area contributed by atoms with Gasteiger partial charge in [-0.1, -0.05) is 6.92 Å². The van der Waals surface area contributed by atoms with E-state index in [1.165, 1.54) is 0 Å². The Morgan fingerprint density at radius 1 is 1.21 bits per heavy atom. The summed E-state index contributed by atoms with van der Waals surface area (Å²) in [4.78, 5) is 36.5. The average molecular weight is 330 g/mol. The van der Waals surface area contributed by atoms with Crippen LogP contribution < -0.4 is 0 Å². The van der Waals surface area contributed by atoms with Gasteiger partial charge in [0.05, 0.1) is 5.56 Å². The Morgan fingerprint density at radius 3 is 2.50 bits per heavy atom. The lowest BCUT2D eigenvalue weighted by Gasteiger charge is -2.32. The highest BCUT2D eigenvalue weighted by Gasteiger charge is 2.26. The quantitative estimate of drug-likeness (QED) is 0.827. The molecule has 0 spiro atoms. The lowest BCUT2D eigenvalue weighted by Crippen LogP contribution is -2.39. The number of carbonyl (C=O) groups excluding carboxylic acids is 2. The van der Waals surface area contributed by atoms with Crippen LogP contribution in [0.1, 0.15) is 55.2 Å². The van der Waals surface area contributed by atoms with Gasteiger partial charge in [-0.05, 0) is 31.6 Å². The molecular weight excluding hydrogens is 304 g/mol. The minimum absolute atomic E-state index is 0.0332. The van der Waals surface area contributed by atoms with Crippen molar-refractivity contribution in [3.8, 4) is 0 Å². The van der Waals surface area contributed by atoms with E-state index in [9.17, 15) is 9.59 Å². The Balaban J connectivity index is 1.45. The van der Waals surface area contributed by atoms with Crippen LogP contribution in [-0.4, -0.2) is 57.8 Å². The van der Waals surface area contributed by atoms with E-state index in [4.69, 9.17) is 0 Å². The Hall–Kier alpha value is -1.98. The van der Waals surface area contributed by atoms with E-state index in [0.717, 1.165) is 64.1 Å². The highest BCUT2D eigenvalue weighted by atomic mass is 16.2. The van der Waals surface area contributed by atoms with E-state index in [-0.39, 0.29) is 5.91 Å². The van der Waals surface area contributed by atoms with E-state index in [0.29, 0.717) is 23.8 Å². The van der Waals surface area contributed by atoms with Crippen LogP contribution in [-0.2, 0) is 11.2 Å². The van der Waals surface area contributed by atoms with Crippen molar-refractivity contribution in [2.45, 2.75) is 45.4 Å². The number of aromatic nitrogens is 2. The van der Waals surface area contributed by atoms with Crippen LogP contribution in [0.3, 0.4) is 0 Å². The van der Waals surface area contributed by atoms with Gasteiger partial charge in [0, 0.05) is 51.4 Å². The fraction of sp³-hybridized carbons (Fsp3) is 0.667. The summed E-state index contributed by atoms with van der Waals surface area (Å²) in [6.07, 6.45) is 8.86. The first-order chi connectivity index (χ1) is 11.7. The summed E-state index contributed by atoms with van der Waals surface area (Å²) in [5.74, 6) is 1.71. The summed E-state index contributed by atoms with van der Waals surface area (Å²) in [6, 6.07) is 0. The minimum atomic E-state index is 0.0332. The molecule has 2 aliphatic rings. The average Bonchev–Trinajstić information content (AvgIpc) is 3.05. The lowest BCUT2D eigenvalue weighted by atomic mass is 9.93. The summed E-state index contributed by atoms with van der Waals surface area (Å²) in [5.41, 5.74) is 0.577. The molecule has 2 aliphatic heterocycles. The van der Waals surface area contributed by atoms with E-state index in [1.807, 2.05) is 16.7 Å². The van der Waals surface area contributed by atoms with Crippen molar-refractivity contribution in [2.24, 2.45) is 5.92 Å². The topological polar surface area (TPSA) is 66.4 Å². The van der Waals surface area contributed by atoms with Crippen molar-refractivity contribution >= 4 is 11.8 Å². The molecule has 1 aromatic heterocycles. The van der Waals surface area contributed by atoms with Crippen LogP contribution in [0.2, 0.25) is 0 Å². The van der Waals surface area contributed by atoms with Crippen molar-refractivity contribution in [3.63, 3.8) is 0 Å². The molecular formula is C18H26N4O2. The zero-order valence-electron chi connectivity index (χ0n) is 14.4. The Kier molecular flexibility index (Phi) is 5.43. The molecule has 3 heterocycles. The number of rotatable bonds is 5. The van der Waals surface area contributed by atoms with Gasteiger partial charge in [-0.3, -0.25) is 9.59 Å². The van der Waals surface area contributed by atoms with Gasteiger partial charge < -0.3 is 9.80 Å². The number of piperidine rings is 1. The third kappa shape index (κ3) is 3.91. The smallest absolute Gasteiger partial charge is 0.256 e. The van der Waals surface area contributed by atoms with Crippen LogP contribution in [0.15, 0.2) is 12.4 Å². The van der Waals surface area contributed by atoms with Gasteiger partial charge in [0.1, 0.15) is 5.82 Å². The van der Waals surface area contributed by atoms with Gasteiger partial charge >= 0.3 is 0 Å². The van der Waals surface area contributed by atoms with Crippen molar-refractivity contribution in [1.82, 2.24) is 19.8 Å². The molecule has 0 unspecified atom stereocenters. The van der Waals surface area contributed by atoms with Crippen molar-refractivity contribution < 1.29 is 9.59 Å². The molecule has 0 bridgehead atoms. The standard InChI is InChI=1S/C18H26N4O2/c1-2-16-19-12-15(13-20-16)18(24)22-10-6-14(7-11-22)5-9-21-8-3-4-17(21)23/h12-14H,2-11H2,1H3. The number of hydrogen-bond donors (Lipinski definition) is 0. The second kappa shape index (κ2) is 7.73. The van der Waals surface area contributed by atoms with Gasteiger partial charge in [-0.15, -0.1) is 0 Å². The normalized spacial score (nSPS) is 19.1. The molecule has 0 aromatic carbocycles. The van der Waals surface area contributed by atoms with Gasteiger partial charge in [0.2, 0.25) is 5.91 Å². The van der Waals surface area contributed by atoms with Gasteiger partial charge in [0.15, 0.2) is 0 Å². The summed E-state index contributed by atoms with van der Waals surface area (Å²) >= 11 is 0. The summed E-state index contributed by atoms with van der Waals surface area (Å²) in [5, 5.41) is 0. The minimum Gasteiger partial charge on any atom is -0.343 e. The summed E-state index contributed by atoms with van der Waals surface area (Å²) < 4.78 is 0. The number of amides is 2. The molecule has 6 heteroatoms. The van der Waals surface area contributed by atoms with Crippen molar-refractivity contribution in [3.05, 3.63) is 23.8 Å². The number of hydrogen-bond acceptors (Lipinski definition) is 4. The first-order valence-electron chi connectivity index (χ1n) is 9.05. The molecule has 0 radical (unpaired) electrons. The van der Waals surface area contributed by atoms with E-state index >= 15 is 0 Å². The van der Waals surface area contributed by atoms with E-state index in [2.05, 4.69) is 9.97 Å².